The largest absolute Gasteiger partial charge is 0.463 e. The van der Waals surface area contributed by atoms with Gasteiger partial charge in [-0.1, -0.05) is 18.2 Å². The lowest BCUT2D eigenvalue weighted by atomic mass is 10.2. The van der Waals surface area contributed by atoms with Crippen LogP contribution in [0, 0.1) is 0 Å². The Morgan fingerprint density at radius 3 is 2.37 bits per heavy atom. The van der Waals surface area contributed by atoms with Gasteiger partial charge in [-0.3, -0.25) is 4.79 Å². The summed E-state index contributed by atoms with van der Waals surface area (Å²) in [7, 11) is 0. The lowest BCUT2D eigenvalue weighted by Crippen LogP contribution is -2.26. The van der Waals surface area contributed by atoms with Crippen molar-refractivity contribution in [3.8, 4) is 0 Å². The van der Waals surface area contributed by atoms with Gasteiger partial charge in [-0.15, -0.1) is 0 Å². The highest BCUT2D eigenvalue weighted by atomic mass is 16.7. The van der Waals surface area contributed by atoms with Crippen molar-refractivity contribution in [2.24, 2.45) is 0 Å². The Morgan fingerprint density at radius 2 is 1.74 bits per heavy atom. The zero-order valence-electron chi connectivity index (χ0n) is 10.3. The zero-order valence-corrected chi connectivity index (χ0v) is 10.3. The van der Waals surface area contributed by atoms with Crippen LogP contribution in [-0.2, 0) is 19.2 Å². The molecule has 0 aromatic heterocycles. The van der Waals surface area contributed by atoms with Gasteiger partial charge >= 0.3 is 11.9 Å². The Hall–Kier alpha value is -2.63. The third-order valence-corrected chi connectivity index (χ3v) is 1.92. The molecule has 1 amide bonds. The summed E-state index contributed by atoms with van der Waals surface area (Å²) < 4.78 is 4.57. The number of rotatable bonds is 4. The third-order valence-electron chi connectivity index (χ3n) is 1.92. The van der Waals surface area contributed by atoms with E-state index in [1.807, 2.05) is 5.48 Å². The van der Waals surface area contributed by atoms with Crippen molar-refractivity contribution in [1.29, 1.82) is 0 Å². The van der Waals surface area contributed by atoms with Crippen LogP contribution in [0.1, 0.15) is 17.3 Å². The van der Waals surface area contributed by atoms with E-state index in [1.54, 1.807) is 37.3 Å². The molecule has 6 heteroatoms. The summed E-state index contributed by atoms with van der Waals surface area (Å²) in [6, 6.07) is 8.24. The highest BCUT2D eigenvalue weighted by Gasteiger charge is 2.06. The summed E-state index contributed by atoms with van der Waals surface area (Å²) in [6.45, 7) is 1.85. The van der Waals surface area contributed by atoms with E-state index in [2.05, 4.69) is 9.57 Å². The quantitative estimate of drug-likeness (QED) is 0.497. The number of hydrogen-bond acceptors (Lipinski definition) is 5. The minimum atomic E-state index is -0.877. The average Bonchev–Trinajstić information content (AvgIpc) is 2.44. The first-order chi connectivity index (χ1) is 9.13. The van der Waals surface area contributed by atoms with Crippen LogP contribution in [0.4, 0.5) is 0 Å². The molecule has 0 bridgehead atoms. The second-order valence-electron chi connectivity index (χ2n) is 3.30. The summed E-state index contributed by atoms with van der Waals surface area (Å²) in [4.78, 5) is 38.0. The maximum absolute atomic E-state index is 11.5. The molecule has 1 aromatic carbocycles. The lowest BCUT2D eigenvalue weighted by Gasteiger charge is -2.03. The average molecular weight is 263 g/mol. The van der Waals surface area contributed by atoms with Crippen LogP contribution in [0.5, 0.6) is 0 Å². The van der Waals surface area contributed by atoms with Gasteiger partial charge in [0.15, 0.2) is 0 Å². The molecule has 0 saturated carbocycles. The normalized spacial score (nSPS) is 9.95. The Bertz CT molecular complexity index is 481. The number of hydroxylamine groups is 1. The molecule has 0 atom stereocenters. The van der Waals surface area contributed by atoms with Gasteiger partial charge < -0.3 is 9.57 Å². The van der Waals surface area contributed by atoms with Crippen molar-refractivity contribution in [2.45, 2.75) is 6.92 Å². The fourth-order valence-corrected chi connectivity index (χ4v) is 1.11. The summed E-state index contributed by atoms with van der Waals surface area (Å²) in [5.41, 5.74) is 2.31. The van der Waals surface area contributed by atoms with Gasteiger partial charge in [-0.25, -0.2) is 9.59 Å². The van der Waals surface area contributed by atoms with Gasteiger partial charge in [-0.05, 0) is 19.1 Å². The highest BCUT2D eigenvalue weighted by molar-refractivity contribution is 5.95. The van der Waals surface area contributed by atoms with E-state index in [4.69, 9.17) is 0 Å². The van der Waals surface area contributed by atoms with Gasteiger partial charge in [0, 0.05) is 17.7 Å². The van der Waals surface area contributed by atoms with E-state index in [0.29, 0.717) is 5.56 Å². The molecular formula is C13H13NO5. The van der Waals surface area contributed by atoms with Crippen LogP contribution in [0.25, 0.3) is 0 Å². The monoisotopic (exact) mass is 263 g/mol. The standard InChI is InChI=1S/C13H13NO5/c1-2-18-11(15)8-9-12(16)19-14-13(17)10-6-4-3-5-7-10/h3-9H,2H2,1H3,(H,14,17)/b9-8+. The molecule has 6 nitrogen and oxygen atoms in total. The van der Waals surface area contributed by atoms with Crippen LogP contribution in [-0.4, -0.2) is 24.5 Å². The highest BCUT2D eigenvalue weighted by Crippen LogP contribution is 1.97. The van der Waals surface area contributed by atoms with E-state index in [1.165, 1.54) is 0 Å². The van der Waals surface area contributed by atoms with Gasteiger partial charge in [0.05, 0.1) is 6.61 Å². The van der Waals surface area contributed by atoms with Gasteiger partial charge in [-0.2, -0.15) is 5.48 Å². The molecule has 0 radical (unpaired) electrons. The molecule has 0 unspecified atom stereocenters. The molecule has 0 aliphatic heterocycles. The maximum Gasteiger partial charge on any atom is 0.356 e. The number of carbonyl (C=O) groups excluding carboxylic acids is 3. The van der Waals surface area contributed by atoms with Gasteiger partial charge in [0.25, 0.3) is 5.91 Å². The van der Waals surface area contributed by atoms with E-state index >= 15 is 0 Å². The summed E-state index contributed by atoms with van der Waals surface area (Å²) >= 11 is 0. The summed E-state index contributed by atoms with van der Waals surface area (Å²) in [5.74, 6) is -2.09. The molecule has 0 spiro atoms. The van der Waals surface area contributed by atoms with Crippen LogP contribution in [0.2, 0.25) is 0 Å². The van der Waals surface area contributed by atoms with E-state index in [-0.39, 0.29) is 6.61 Å². The number of hydrogen-bond donors (Lipinski definition) is 1. The fraction of sp³-hybridized carbons (Fsp3) is 0.154. The first-order valence-electron chi connectivity index (χ1n) is 5.54. The molecule has 0 heterocycles. The molecule has 19 heavy (non-hydrogen) atoms. The van der Waals surface area contributed by atoms with Crippen molar-refractivity contribution in [1.82, 2.24) is 5.48 Å². The maximum atomic E-state index is 11.5. The number of esters is 1. The number of benzene rings is 1. The predicted molar refractivity (Wildman–Crippen MR) is 65.8 cm³/mol. The van der Waals surface area contributed by atoms with Crippen molar-refractivity contribution < 1.29 is 24.0 Å². The predicted octanol–water partition coefficient (Wildman–Crippen LogP) is 0.994. The topological polar surface area (TPSA) is 81.7 Å². The second-order valence-corrected chi connectivity index (χ2v) is 3.30. The third kappa shape index (κ3) is 5.49. The summed E-state index contributed by atoms with van der Waals surface area (Å²) in [5, 5.41) is 0. The fourth-order valence-electron chi connectivity index (χ4n) is 1.11. The number of ether oxygens (including phenoxy) is 1. The minimum absolute atomic E-state index is 0.211. The minimum Gasteiger partial charge on any atom is -0.463 e. The molecule has 0 fully saturated rings. The Kier molecular flexibility index (Phi) is 5.81. The Morgan fingerprint density at radius 1 is 1.11 bits per heavy atom. The molecule has 1 N–H and O–H groups in total. The summed E-state index contributed by atoms with van der Waals surface area (Å²) in [6.07, 6.45) is 1.78. The van der Waals surface area contributed by atoms with Crippen LogP contribution >= 0.6 is 0 Å². The van der Waals surface area contributed by atoms with Crippen molar-refractivity contribution in [3.63, 3.8) is 0 Å². The Labute approximate surface area is 110 Å². The lowest BCUT2D eigenvalue weighted by molar-refractivity contribution is -0.144. The smallest absolute Gasteiger partial charge is 0.356 e. The van der Waals surface area contributed by atoms with Gasteiger partial charge in [0.1, 0.15) is 0 Å². The van der Waals surface area contributed by atoms with Crippen LogP contribution < -0.4 is 5.48 Å². The van der Waals surface area contributed by atoms with E-state index in [0.717, 1.165) is 12.2 Å². The van der Waals surface area contributed by atoms with Crippen LogP contribution in [0.15, 0.2) is 42.5 Å². The molecule has 0 aliphatic carbocycles. The Balaban J connectivity index is 2.39. The van der Waals surface area contributed by atoms with Crippen LogP contribution in [0.3, 0.4) is 0 Å². The van der Waals surface area contributed by atoms with E-state index in [9.17, 15) is 14.4 Å². The number of nitrogens with one attached hydrogen (secondary N) is 1. The van der Waals surface area contributed by atoms with Crippen molar-refractivity contribution in [3.05, 3.63) is 48.0 Å². The SMILES string of the molecule is CCOC(=O)/C=C/C(=O)ONC(=O)c1ccccc1. The molecule has 100 valence electrons. The molecular weight excluding hydrogens is 250 g/mol. The zero-order chi connectivity index (χ0) is 14.1. The second kappa shape index (κ2) is 7.65. The van der Waals surface area contributed by atoms with E-state index < -0.39 is 17.8 Å². The molecule has 0 aliphatic rings. The first kappa shape index (κ1) is 14.4. The van der Waals surface area contributed by atoms with Crippen molar-refractivity contribution >= 4 is 17.8 Å². The molecule has 0 saturated heterocycles. The number of amides is 1. The molecule has 1 aromatic rings. The number of carbonyl (C=O) groups is 3. The first-order valence-corrected chi connectivity index (χ1v) is 5.54. The van der Waals surface area contributed by atoms with Crippen molar-refractivity contribution in [2.75, 3.05) is 6.61 Å². The molecule has 1 rings (SSSR count). The van der Waals surface area contributed by atoms with Gasteiger partial charge in [0.2, 0.25) is 0 Å².